The lowest BCUT2D eigenvalue weighted by atomic mass is 9.98. The Kier molecular flexibility index (Phi) is 5.64. The molecule has 2 aromatic carbocycles. The van der Waals surface area contributed by atoms with Crippen molar-refractivity contribution in [1.29, 1.82) is 5.41 Å². The van der Waals surface area contributed by atoms with E-state index in [4.69, 9.17) is 15.9 Å². The van der Waals surface area contributed by atoms with Gasteiger partial charge in [-0.3, -0.25) is 15.2 Å². The van der Waals surface area contributed by atoms with Gasteiger partial charge in [0.2, 0.25) is 0 Å². The van der Waals surface area contributed by atoms with Crippen LogP contribution in [-0.2, 0) is 6.54 Å². The summed E-state index contributed by atoms with van der Waals surface area (Å²) in [6, 6.07) is 12.4. The fourth-order valence-electron chi connectivity index (χ4n) is 2.76. The Morgan fingerprint density at radius 1 is 1.21 bits per heavy atom. The molecule has 0 saturated carbocycles. The van der Waals surface area contributed by atoms with Gasteiger partial charge in [-0.2, -0.15) is 0 Å². The van der Waals surface area contributed by atoms with Crippen molar-refractivity contribution in [2.75, 3.05) is 12.8 Å². The van der Waals surface area contributed by atoms with Crippen molar-refractivity contribution in [2.45, 2.75) is 6.54 Å². The molecule has 0 atom stereocenters. The number of benzene rings is 2. The Morgan fingerprint density at radius 3 is 2.68 bits per heavy atom. The Hall–Kier alpha value is -3.74. The molecule has 1 amide bonds. The number of carbonyl (C=O) groups excluding carboxylic acids is 1. The van der Waals surface area contributed by atoms with Gasteiger partial charge in [0.25, 0.3) is 5.91 Å². The van der Waals surface area contributed by atoms with Crippen molar-refractivity contribution < 1.29 is 13.9 Å². The molecule has 0 bridgehead atoms. The molecule has 0 saturated heterocycles. The third-order valence-corrected chi connectivity index (χ3v) is 4.20. The van der Waals surface area contributed by atoms with E-state index in [1.165, 1.54) is 31.5 Å². The fourth-order valence-corrected chi connectivity index (χ4v) is 2.76. The number of rotatable bonds is 6. The number of aromatic nitrogens is 1. The van der Waals surface area contributed by atoms with Gasteiger partial charge in [0.05, 0.1) is 18.4 Å². The first-order valence-electron chi connectivity index (χ1n) is 8.49. The number of methoxy groups -OCH3 is 1. The molecule has 0 aliphatic heterocycles. The number of nitrogens with two attached hydrogens (primary N) is 1. The van der Waals surface area contributed by atoms with Gasteiger partial charge in [0, 0.05) is 47.4 Å². The molecule has 0 spiro atoms. The summed E-state index contributed by atoms with van der Waals surface area (Å²) in [5.41, 5.74) is 8.40. The summed E-state index contributed by atoms with van der Waals surface area (Å²) in [4.78, 5) is 16.2. The highest BCUT2D eigenvalue weighted by Crippen LogP contribution is 2.27. The maximum atomic E-state index is 13.5. The van der Waals surface area contributed by atoms with Crippen molar-refractivity contribution in [3.63, 3.8) is 0 Å². The molecular formula is C21H19FN4O2. The smallest absolute Gasteiger partial charge is 0.253 e. The van der Waals surface area contributed by atoms with Crippen LogP contribution in [0.5, 0.6) is 5.75 Å². The summed E-state index contributed by atoms with van der Waals surface area (Å²) in [5, 5.41) is 11.2. The molecule has 142 valence electrons. The summed E-state index contributed by atoms with van der Waals surface area (Å²) < 4.78 is 18.9. The highest BCUT2D eigenvalue weighted by Gasteiger charge is 2.15. The molecule has 6 nitrogen and oxygen atoms in total. The molecule has 0 aliphatic carbocycles. The van der Waals surface area contributed by atoms with E-state index >= 15 is 0 Å². The van der Waals surface area contributed by atoms with E-state index in [1.54, 1.807) is 36.5 Å². The van der Waals surface area contributed by atoms with Crippen LogP contribution in [0.4, 0.5) is 10.1 Å². The predicted molar refractivity (Wildman–Crippen MR) is 105 cm³/mol. The fraction of sp³-hybridized carbons (Fsp3) is 0.0952. The van der Waals surface area contributed by atoms with E-state index in [2.05, 4.69) is 10.3 Å². The number of carbonyl (C=O) groups is 1. The number of amides is 1. The number of ether oxygens (including phenoxy) is 1. The van der Waals surface area contributed by atoms with Gasteiger partial charge in [-0.05, 0) is 30.3 Å². The molecule has 0 radical (unpaired) electrons. The molecular weight excluding hydrogens is 359 g/mol. The van der Waals surface area contributed by atoms with Crippen molar-refractivity contribution >= 4 is 17.3 Å². The molecule has 3 aromatic rings. The van der Waals surface area contributed by atoms with Gasteiger partial charge in [-0.25, -0.2) is 4.39 Å². The lowest BCUT2D eigenvalue weighted by Gasteiger charge is -2.15. The Morgan fingerprint density at radius 2 is 2.00 bits per heavy atom. The van der Waals surface area contributed by atoms with E-state index in [9.17, 15) is 9.18 Å². The molecule has 1 heterocycles. The van der Waals surface area contributed by atoms with Crippen LogP contribution in [0.3, 0.4) is 0 Å². The van der Waals surface area contributed by atoms with E-state index in [-0.39, 0.29) is 18.2 Å². The average Bonchev–Trinajstić information content (AvgIpc) is 2.72. The summed E-state index contributed by atoms with van der Waals surface area (Å²) in [6.45, 7) is 0.167. The Balaban J connectivity index is 1.87. The molecule has 0 aliphatic rings. The van der Waals surface area contributed by atoms with Gasteiger partial charge < -0.3 is 15.8 Å². The predicted octanol–water partition coefficient (Wildman–Crippen LogP) is 3.16. The quantitative estimate of drug-likeness (QED) is 0.453. The SMILES string of the molecule is COc1cc(N)c(C(=N)c2cccc(F)c2)cc1CNC(=O)c1cccnc1. The Labute approximate surface area is 161 Å². The van der Waals surface area contributed by atoms with Gasteiger partial charge in [0.15, 0.2) is 0 Å². The summed E-state index contributed by atoms with van der Waals surface area (Å²) in [7, 11) is 1.50. The van der Waals surface area contributed by atoms with E-state index < -0.39 is 5.82 Å². The number of halogens is 1. The van der Waals surface area contributed by atoms with Crippen LogP contribution in [0, 0.1) is 11.2 Å². The highest BCUT2D eigenvalue weighted by molar-refractivity contribution is 6.14. The number of nitrogens with one attached hydrogen (secondary N) is 2. The molecule has 3 rings (SSSR count). The second-order valence-electron chi connectivity index (χ2n) is 6.06. The minimum Gasteiger partial charge on any atom is -0.496 e. The van der Waals surface area contributed by atoms with Crippen molar-refractivity contribution in [3.8, 4) is 5.75 Å². The number of nitrogens with zero attached hydrogens (tertiary/aromatic N) is 1. The van der Waals surface area contributed by atoms with Crippen LogP contribution in [0.1, 0.15) is 27.0 Å². The second kappa shape index (κ2) is 8.30. The standard InChI is InChI=1S/C21H19FN4O2/c1-28-19-10-18(23)17(20(24)13-4-2-6-16(22)8-13)9-15(19)12-26-21(27)14-5-3-7-25-11-14/h2-11,24H,12,23H2,1H3,(H,26,27). The van der Waals surface area contributed by atoms with Crippen LogP contribution in [-0.4, -0.2) is 23.7 Å². The van der Waals surface area contributed by atoms with Crippen molar-refractivity contribution in [3.05, 3.63) is 89.0 Å². The number of hydrogen-bond donors (Lipinski definition) is 3. The lowest BCUT2D eigenvalue weighted by molar-refractivity contribution is 0.0950. The summed E-state index contributed by atoms with van der Waals surface area (Å²) >= 11 is 0. The van der Waals surface area contributed by atoms with Crippen molar-refractivity contribution in [1.82, 2.24) is 10.3 Å². The maximum absolute atomic E-state index is 13.5. The highest BCUT2D eigenvalue weighted by atomic mass is 19.1. The third-order valence-electron chi connectivity index (χ3n) is 4.20. The second-order valence-corrected chi connectivity index (χ2v) is 6.06. The number of hydrogen-bond acceptors (Lipinski definition) is 5. The van der Waals surface area contributed by atoms with E-state index in [0.29, 0.717) is 33.7 Å². The van der Waals surface area contributed by atoms with Crippen LogP contribution < -0.4 is 15.8 Å². The van der Waals surface area contributed by atoms with Gasteiger partial charge in [-0.1, -0.05) is 12.1 Å². The van der Waals surface area contributed by atoms with Crippen molar-refractivity contribution in [2.24, 2.45) is 0 Å². The molecule has 0 unspecified atom stereocenters. The zero-order chi connectivity index (χ0) is 20.1. The molecule has 28 heavy (non-hydrogen) atoms. The number of anilines is 1. The van der Waals surface area contributed by atoms with E-state index in [1.807, 2.05) is 0 Å². The van der Waals surface area contributed by atoms with Gasteiger partial charge >= 0.3 is 0 Å². The number of nitrogen functional groups attached to an aromatic ring is 1. The first kappa shape index (κ1) is 19.0. The molecule has 1 aromatic heterocycles. The average molecular weight is 378 g/mol. The summed E-state index contributed by atoms with van der Waals surface area (Å²) in [6.07, 6.45) is 3.06. The first-order chi connectivity index (χ1) is 13.5. The Bertz CT molecular complexity index is 1020. The number of pyridine rings is 1. The molecule has 4 N–H and O–H groups in total. The van der Waals surface area contributed by atoms with Crippen LogP contribution in [0.25, 0.3) is 0 Å². The first-order valence-corrected chi connectivity index (χ1v) is 8.49. The normalized spacial score (nSPS) is 10.4. The maximum Gasteiger partial charge on any atom is 0.253 e. The largest absolute Gasteiger partial charge is 0.496 e. The lowest BCUT2D eigenvalue weighted by Crippen LogP contribution is -2.23. The molecule has 7 heteroatoms. The zero-order valence-corrected chi connectivity index (χ0v) is 15.2. The van der Waals surface area contributed by atoms with E-state index in [0.717, 1.165) is 0 Å². The summed E-state index contributed by atoms with van der Waals surface area (Å²) in [5.74, 6) is -0.230. The minimum atomic E-state index is -0.432. The van der Waals surface area contributed by atoms with Gasteiger partial charge in [-0.15, -0.1) is 0 Å². The monoisotopic (exact) mass is 378 g/mol. The van der Waals surface area contributed by atoms with Crippen LogP contribution >= 0.6 is 0 Å². The third kappa shape index (κ3) is 4.15. The van der Waals surface area contributed by atoms with Crippen LogP contribution in [0.2, 0.25) is 0 Å². The minimum absolute atomic E-state index is 0.0829. The van der Waals surface area contributed by atoms with Crippen LogP contribution in [0.15, 0.2) is 60.9 Å². The molecule has 0 fully saturated rings. The van der Waals surface area contributed by atoms with Gasteiger partial charge in [0.1, 0.15) is 11.6 Å². The zero-order valence-electron chi connectivity index (χ0n) is 15.2. The topological polar surface area (TPSA) is 101 Å².